The number of likely N-dealkylation sites (tertiary alicyclic amines) is 1. The number of nitrogens with one attached hydrogen (secondary N) is 1. The molecule has 0 bridgehead atoms. The fourth-order valence-corrected chi connectivity index (χ4v) is 5.66. The van der Waals surface area contributed by atoms with Crippen molar-refractivity contribution in [3.8, 4) is 0 Å². The summed E-state index contributed by atoms with van der Waals surface area (Å²) in [6.45, 7) is 12.9. The number of hydrogen-bond acceptors (Lipinski definition) is 4. The number of piperidine rings is 1. The number of rotatable bonds is 8. The molecule has 0 aromatic carbocycles. The third kappa shape index (κ3) is 5.37. The van der Waals surface area contributed by atoms with Gasteiger partial charge >= 0.3 is 0 Å². The van der Waals surface area contributed by atoms with Crippen molar-refractivity contribution in [1.29, 1.82) is 0 Å². The minimum absolute atomic E-state index is 0.121. The Bertz CT molecular complexity index is 610. The molecule has 172 valence electrons. The summed E-state index contributed by atoms with van der Waals surface area (Å²) in [5.41, 5.74) is 0.474. The van der Waals surface area contributed by atoms with Crippen LogP contribution in [0.25, 0.3) is 0 Å². The Hall–Kier alpha value is -1.14. The lowest BCUT2D eigenvalue weighted by atomic mass is 9.89. The van der Waals surface area contributed by atoms with Crippen LogP contribution in [0.1, 0.15) is 59.8 Å². The zero-order valence-corrected chi connectivity index (χ0v) is 20.1. The Kier molecular flexibility index (Phi) is 7.49. The van der Waals surface area contributed by atoms with Crippen LogP contribution < -0.4 is 5.32 Å². The molecule has 1 spiro atoms. The van der Waals surface area contributed by atoms with Crippen LogP contribution in [0.4, 0.5) is 0 Å². The molecule has 3 rings (SSSR count). The van der Waals surface area contributed by atoms with Gasteiger partial charge in [-0.25, -0.2) is 0 Å². The van der Waals surface area contributed by atoms with E-state index in [1.54, 1.807) is 0 Å². The van der Waals surface area contributed by atoms with E-state index in [9.17, 15) is 9.59 Å². The average molecular weight is 421 g/mol. The monoisotopic (exact) mass is 420 g/mol. The third-order valence-corrected chi connectivity index (χ3v) is 7.40. The van der Waals surface area contributed by atoms with Gasteiger partial charge in [0.1, 0.15) is 6.04 Å². The topological polar surface area (TPSA) is 55.9 Å². The van der Waals surface area contributed by atoms with E-state index in [2.05, 4.69) is 56.9 Å². The summed E-state index contributed by atoms with van der Waals surface area (Å²) in [6.07, 6.45) is 5.14. The first-order valence-corrected chi connectivity index (χ1v) is 12.1. The minimum Gasteiger partial charge on any atom is -0.341 e. The van der Waals surface area contributed by atoms with Crippen molar-refractivity contribution in [1.82, 2.24) is 20.0 Å². The van der Waals surface area contributed by atoms with Crippen LogP contribution in [0.5, 0.6) is 0 Å². The molecule has 1 saturated carbocycles. The number of nitrogens with zero attached hydrogens (tertiary/aromatic N) is 3. The Morgan fingerprint density at radius 2 is 1.80 bits per heavy atom. The molecule has 0 aromatic heterocycles. The van der Waals surface area contributed by atoms with Gasteiger partial charge in [-0.3, -0.25) is 9.59 Å². The first kappa shape index (κ1) is 23.5. The number of amides is 2. The summed E-state index contributed by atoms with van der Waals surface area (Å²) in [5, 5.41) is 3.38. The number of carbonyl (C=O) groups excluding carboxylic acids is 2. The second kappa shape index (κ2) is 9.56. The van der Waals surface area contributed by atoms with Gasteiger partial charge in [-0.1, -0.05) is 27.7 Å². The van der Waals surface area contributed by atoms with Crippen molar-refractivity contribution < 1.29 is 9.59 Å². The molecule has 0 aromatic rings. The van der Waals surface area contributed by atoms with E-state index in [0.29, 0.717) is 23.8 Å². The van der Waals surface area contributed by atoms with Crippen molar-refractivity contribution in [2.75, 3.05) is 46.8 Å². The lowest BCUT2D eigenvalue weighted by Gasteiger charge is -2.42. The van der Waals surface area contributed by atoms with Gasteiger partial charge in [-0.15, -0.1) is 0 Å². The summed E-state index contributed by atoms with van der Waals surface area (Å²) >= 11 is 0. The maximum Gasteiger partial charge on any atom is 0.245 e. The highest BCUT2D eigenvalue weighted by Crippen LogP contribution is 2.59. The standard InChI is InChI=1S/C24H44N4O2/c1-17(2)13-20-22(29)28(12-9-25-20)21(14-18(3)4)23(30)27-10-7-24(8-11-27)15-19(24)16-26(5)6/h17-21,25H,7-16H2,1-6H3/t19?,20-,21-/m0/s1. The van der Waals surface area contributed by atoms with Crippen LogP contribution in [-0.2, 0) is 9.59 Å². The molecule has 3 fully saturated rings. The van der Waals surface area contributed by atoms with Gasteiger partial charge in [-0.2, -0.15) is 0 Å². The summed E-state index contributed by atoms with van der Waals surface area (Å²) in [6, 6.07) is -0.454. The zero-order chi connectivity index (χ0) is 22.1. The Morgan fingerprint density at radius 1 is 1.13 bits per heavy atom. The van der Waals surface area contributed by atoms with Gasteiger partial charge in [-0.05, 0) is 69.4 Å². The highest BCUT2D eigenvalue weighted by molar-refractivity contribution is 5.90. The van der Waals surface area contributed by atoms with E-state index in [0.717, 1.165) is 57.8 Å². The average Bonchev–Trinajstić information content (AvgIpc) is 3.31. The van der Waals surface area contributed by atoms with Crippen molar-refractivity contribution in [3.63, 3.8) is 0 Å². The second-order valence-electron chi connectivity index (χ2n) is 11.2. The SMILES string of the molecule is CC(C)C[C@@H]1NCCN([C@@H](CC(C)C)C(=O)N2CCC3(CC2)CC3CN(C)C)C1=O. The normalized spacial score (nSPS) is 27.4. The van der Waals surface area contributed by atoms with Gasteiger partial charge in [0.2, 0.25) is 11.8 Å². The molecule has 1 N–H and O–H groups in total. The van der Waals surface area contributed by atoms with Crippen LogP contribution in [0.15, 0.2) is 0 Å². The van der Waals surface area contributed by atoms with Crippen LogP contribution >= 0.6 is 0 Å². The Labute approximate surface area is 183 Å². The summed E-state index contributed by atoms with van der Waals surface area (Å²) in [7, 11) is 4.30. The largest absolute Gasteiger partial charge is 0.341 e. The lowest BCUT2D eigenvalue weighted by molar-refractivity contribution is -0.150. The molecule has 1 unspecified atom stereocenters. The molecule has 2 aliphatic heterocycles. The Balaban J connectivity index is 1.64. The van der Waals surface area contributed by atoms with E-state index in [4.69, 9.17) is 0 Å². The van der Waals surface area contributed by atoms with E-state index in [1.165, 1.54) is 6.42 Å². The highest BCUT2D eigenvalue weighted by atomic mass is 16.2. The minimum atomic E-state index is -0.305. The molecule has 3 aliphatic rings. The zero-order valence-electron chi connectivity index (χ0n) is 20.1. The predicted octanol–water partition coefficient (Wildman–Crippen LogP) is 2.44. The van der Waals surface area contributed by atoms with Crippen molar-refractivity contribution in [3.05, 3.63) is 0 Å². The molecule has 6 nitrogen and oxygen atoms in total. The summed E-state index contributed by atoms with van der Waals surface area (Å²) < 4.78 is 0. The number of carbonyl (C=O) groups is 2. The summed E-state index contributed by atoms with van der Waals surface area (Å²) in [5.74, 6) is 1.94. The fourth-order valence-electron chi connectivity index (χ4n) is 5.66. The molecule has 0 radical (unpaired) electrons. The highest BCUT2D eigenvalue weighted by Gasteiger charge is 2.55. The van der Waals surface area contributed by atoms with E-state index in [1.807, 2.05) is 4.90 Å². The van der Waals surface area contributed by atoms with Crippen LogP contribution in [0, 0.1) is 23.2 Å². The van der Waals surface area contributed by atoms with Crippen molar-refractivity contribution >= 4 is 11.8 Å². The maximum atomic E-state index is 13.6. The molecule has 30 heavy (non-hydrogen) atoms. The number of hydrogen-bond donors (Lipinski definition) is 1. The molecular formula is C24H44N4O2. The van der Waals surface area contributed by atoms with Crippen molar-refractivity contribution in [2.45, 2.75) is 71.9 Å². The molecular weight excluding hydrogens is 376 g/mol. The first-order valence-electron chi connectivity index (χ1n) is 12.1. The van der Waals surface area contributed by atoms with Gasteiger partial charge < -0.3 is 20.0 Å². The lowest BCUT2D eigenvalue weighted by Crippen LogP contribution is -2.62. The molecule has 3 atom stereocenters. The van der Waals surface area contributed by atoms with Crippen LogP contribution in [0.2, 0.25) is 0 Å². The molecule has 1 aliphatic carbocycles. The predicted molar refractivity (Wildman–Crippen MR) is 121 cm³/mol. The molecule has 2 heterocycles. The summed E-state index contributed by atoms with van der Waals surface area (Å²) in [4.78, 5) is 33.1. The second-order valence-corrected chi connectivity index (χ2v) is 11.2. The third-order valence-electron chi connectivity index (χ3n) is 7.40. The van der Waals surface area contributed by atoms with Crippen LogP contribution in [0.3, 0.4) is 0 Å². The maximum absolute atomic E-state index is 13.6. The molecule has 2 saturated heterocycles. The fraction of sp³-hybridized carbons (Fsp3) is 0.917. The number of piperazine rings is 1. The first-order chi connectivity index (χ1) is 14.1. The van der Waals surface area contributed by atoms with E-state index < -0.39 is 0 Å². The van der Waals surface area contributed by atoms with Gasteiger partial charge in [0, 0.05) is 32.7 Å². The van der Waals surface area contributed by atoms with Gasteiger partial charge in [0.15, 0.2) is 0 Å². The Morgan fingerprint density at radius 3 is 2.37 bits per heavy atom. The van der Waals surface area contributed by atoms with Crippen LogP contribution in [-0.4, -0.2) is 85.4 Å². The quantitative estimate of drug-likeness (QED) is 0.655. The smallest absolute Gasteiger partial charge is 0.245 e. The molecule has 6 heteroatoms. The molecule has 2 amide bonds. The van der Waals surface area contributed by atoms with E-state index >= 15 is 0 Å². The van der Waals surface area contributed by atoms with Gasteiger partial charge in [0.25, 0.3) is 0 Å². The van der Waals surface area contributed by atoms with Gasteiger partial charge in [0.05, 0.1) is 6.04 Å². The van der Waals surface area contributed by atoms with Crippen molar-refractivity contribution in [2.24, 2.45) is 23.2 Å². The van der Waals surface area contributed by atoms with E-state index in [-0.39, 0.29) is 23.9 Å².